The van der Waals surface area contributed by atoms with Gasteiger partial charge in [0, 0.05) is 16.7 Å². The number of benzene rings is 1. The molecule has 4 nitrogen and oxygen atoms in total. The van der Waals surface area contributed by atoms with Crippen LogP contribution in [0.3, 0.4) is 0 Å². The Morgan fingerprint density at radius 3 is 2.65 bits per heavy atom. The number of terminal acetylenes is 1. The van der Waals surface area contributed by atoms with E-state index in [1.165, 1.54) is 16.4 Å². The van der Waals surface area contributed by atoms with Gasteiger partial charge in [0.2, 0.25) is 10.0 Å². The van der Waals surface area contributed by atoms with Crippen molar-refractivity contribution in [1.82, 2.24) is 4.31 Å². The van der Waals surface area contributed by atoms with Crippen LogP contribution in [-0.2, 0) is 10.0 Å². The van der Waals surface area contributed by atoms with Gasteiger partial charge in [-0.25, -0.2) is 8.42 Å². The first-order chi connectivity index (χ1) is 7.93. The summed E-state index contributed by atoms with van der Waals surface area (Å²) in [6.45, 7) is 2.12. The van der Waals surface area contributed by atoms with E-state index in [4.69, 9.17) is 12.2 Å². The largest absolute Gasteiger partial charge is 0.398 e. The summed E-state index contributed by atoms with van der Waals surface area (Å²) in [6.07, 6.45) is 5.15. The summed E-state index contributed by atoms with van der Waals surface area (Å²) in [4.78, 5) is 0.177. The van der Waals surface area contributed by atoms with Crippen LogP contribution < -0.4 is 5.73 Å². The quantitative estimate of drug-likeness (QED) is 0.679. The normalized spacial score (nSPS) is 11.4. The van der Waals surface area contributed by atoms with Crippen molar-refractivity contribution in [2.75, 3.05) is 18.8 Å². The molecule has 0 saturated carbocycles. The third-order valence-corrected chi connectivity index (χ3v) is 4.83. The van der Waals surface area contributed by atoms with E-state index in [0.717, 1.165) is 0 Å². The van der Waals surface area contributed by atoms with E-state index in [1.807, 2.05) is 0 Å². The summed E-state index contributed by atoms with van der Waals surface area (Å²) in [5.74, 6) is 2.33. The zero-order chi connectivity index (χ0) is 13.1. The Morgan fingerprint density at radius 2 is 2.18 bits per heavy atom. The van der Waals surface area contributed by atoms with Crippen LogP contribution in [0.2, 0.25) is 0 Å². The van der Waals surface area contributed by atoms with Crippen molar-refractivity contribution in [3.8, 4) is 12.3 Å². The number of halogens is 1. The van der Waals surface area contributed by atoms with Crippen LogP contribution in [0.25, 0.3) is 0 Å². The number of nitrogens with two attached hydrogens (primary N) is 1. The fourth-order valence-corrected chi connectivity index (χ4v) is 3.21. The molecular formula is C11H13BrN2O2S. The smallest absolute Gasteiger partial charge is 0.243 e. The number of hydrogen-bond acceptors (Lipinski definition) is 3. The minimum Gasteiger partial charge on any atom is -0.398 e. The van der Waals surface area contributed by atoms with Crippen molar-refractivity contribution in [3.63, 3.8) is 0 Å². The molecule has 0 aliphatic carbocycles. The first-order valence-electron chi connectivity index (χ1n) is 4.92. The Hall–Kier alpha value is -1.03. The van der Waals surface area contributed by atoms with Crippen LogP contribution in [0.4, 0.5) is 5.69 Å². The van der Waals surface area contributed by atoms with Crippen LogP contribution in [-0.4, -0.2) is 25.8 Å². The van der Waals surface area contributed by atoms with Gasteiger partial charge < -0.3 is 5.73 Å². The summed E-state index contributed by atoms with van der Waals surface area (Å²) in [5.41, 5.74) is 6.10. The van der Waals surface area contributed by atoms with Crippen molar-refractivity contribution in [2.45, 2.75) is 11.8 Å². The second-order valence-corrected chi connectivity index (χ2v) is 6.11. The molecule has 2 N–H and O–H groups in total. The number of sulfonamides is 1. The fraction of sp³-hybridized carbons (Fsp3) is 0.273. The van der Waals surface area contributed by atoms with Crippen LogP contribution in [0.5, 0.6) is 0 Å². The Labute approximate surface area is 110 Å². The molecule has 6 heteroatoms. The number of nitrogens with zero attached hydrogens (tertiary/aromatic N) is 1. The maximum atomic E-state index is 12.2. The Morgan fingerprint density at radius 1 is 1.53 bits per heavy atom. The summed E-state index contributed by atoms with van der Waals surface area (Å²) in [7, 11) is -3.55. The molecule has 17 heavy (non-hydrogen) atoms. The predicted molar refractivity (Wildman–Crippen MR) is 71.8 cm³/mol. The molecule has 0 saturated heterocycles. The van der Waals surface area contributed by atoms with Crippen LogP contribution in [0.1, 0.15) is 6.92 Å². The van der Waals surface area contributed by atoms with Crippen LogP contribution in [0.15, 0.2) is 27.6 Å². The topological polar surface area (TPSA) is 63.4 Å². The number of hydrogen-bond donors (Lipinski definition) is 1. The summed E-state index contributed by atoms with van der Waals surface area (Å²) >= 11 is 3.20. The minimum absolute atomic E-state index is 0.0564. The van der Waals surface area contributed by atoms with Gasteiger partial charge in [-0.1, -0.05) is 12.8 Å². The van der Waals surface area contributed by atoms with Crippen LogP contribution in [0, 0.1) is 12.3 Å². The monoisotopic (exact) mass is 316 g/mol. The van der Waals surface area contributed by atoms with Gasteiger partial charge in [-0.3, -0.25) is 0 Å². The molecule has 1 aromatic rings. The van der Waals surface area contributed by atoms with E-state index < -0.39 is 10.0 Å². The lowest BCUT2D eigenvalue weighted by molar-refractivity contribution is 0.464. The van der Waals surface area contributed by atoms with Crippen LogP contribution >= 0.6 is 15.9 Å². The molecule has 0 fully saturated rings. The standard InChI is InChI=1S/C11H13BrN2O2S/c1-3-7-14(4-2)17(15,16)9-5-6-11(13)10(12)8-9/h1,5-6,8H,4,7,13H2,2H3. The summed E-state index contributed by atoms with van der Waals surface area (Å²) in [5, 5.41) is 0. The zero-order valence-corrected chi connectivity index (χ0v) is 11.8. The second kappa shape index (κ2) is 5.54. The molecule has 0 unspecified atom stereocenters. The van der Waals surface area contributed by atoms with Crippen molar-refractivity contribution in [1.29, 1.82) is 0 Å². The Kier molecular flexibility index (Phi) is 4.57. The van der Waals surface area contributed by atoms with Gasteiger partial charge in [0.25, 0.3) is 0 Å². The maximum Gasteiger partial charge on any atom is 0.243 e. The molecule has 0 spiro atoms. The van der Waals surface area contributed by atoms with Gasteiger partial charge in [-0.2, -0.15) is 4.31 Å². The molecule has 1 aromatic carbocycles. The number of anilines is 1. The first-order valence-corrected chi connectivity index (χ1v) is 7.15. The van der Waals surface area contributed by atoms with Gasteiger partial charge in [0.05, 0.1) is 11.4 Å². The van der Waals surface area contributed by atoms with Crippen molar-refractivity contribution in [2.24, 2.45) is 0 Å². The molecule has 92 valence electrons. The SMILES string of the molecule is C#CCN(CC)S(=O)(=O)c1ccc(N)c(Br)c1. The van der Waals surface area contributed by atoms with E-state index in [0.29, 0.717) is 16.7 Å². The highest BCUT2D eigenvalue weighted by molar-refractivity contribution is 9.10. The second-order valence-electron chi connectivity index (χ2n) is 3.32. The van der Waals surface area contributed by atoms with E-state index in [9.17, 15) is 8.42 Å². The average molecular weight is 317 g/mol. The molecule has 1 rings (SSSR count). The van der Waals surface area contributed by atoms with E-state index in [1.54, 1.807) is 13.0 Å². The maximum absolute atomic E-state index is 12.2. The van der Waals surface area contributed by atoms with Gasteiger partial charge in [-0.15, -0.1) is 6.42 Å². The lowest BCUT2D eigenvalue weighted by atomic mass is 10.3. The van der Waals surface area contributed by atoms with Crippen molar-refractivity contribution in [3.05, 3.63) is 22.7 Å². The zero-order valence-electron chi connectivity index (χ0n) is 9.35. The molecule has 0 atom stereocenters. The van der Waals surface area contributed by atoms with Crippen molar-refractivity contribution < 1.29 is 8.42 Å². The molecule has 0 amide bonds. The summed E-state index contributed by atoms with van der Waals surface area (Å²) in [6, 6.07) is 4.49. The third-order valence-electron chi connectivity index (χ3n) is 2.23. The molecule has 0 aliphatic rings. The molecule has 0 aliphatic heterocycles. The van der Waals surface area contributed by atoms with Gasteiger partial charge >= 0.3 is 0 Å². The first kappa shape index (κ1) is 14.0. The van der Waals surface area contributed by atoms with E-state index in [-0.39, 0.29) is 11.4 Å². The fourth-order valence-electron chi connectivity index (χ4n) is 1.29. The van der Waals surface area contributed by atoms with Gasteiger partial charge in [-0.05, 0) is 34.1 Å². The van der Waals surface area contributed by atoms with E-state index >= 15 is 0 Å². The van der Waals surface area contributed by atoms with Crippen molar-refractivity contribution >= 4 is 31.6 Å². The Balaban J connectivity index is 3.21. The van der Waals surface area contributed by atoms with Gasteiger partial charge in [0.1, 0.15) is 0 Å². The third kappa shape index (κ3) is 3.00. The predicted octanol–water partition coefficient (Wildman–Crippen LogP) is 1.68. The molecule has 0 bridgehead atoms. The molecular weight excluding hydrogens is 304 g/mol. The number of rotatable bonds is 4. The highest BCUT2D eigenvalue weighted by atomic mass is 79.9. The van der Waals surface area contributed by atoms with Gasteiger partial charge in [0.15, 0.2) is 0 Å². The molecule has 0 heterocycles. The lowest BCUT2D eigenvalue weighted by Gasteiger charge is -2.18. The summed E-state index contributed by atoms with van der Waals surface area (Å²) < 4.78 is 26.1. The van der Waals surface area contributed by atoms with E-state index in [2.05, 4.69) is 21.9 Å². The minimum atomic E-state index is -3.55. The molecule has 0 radical (unpaired) electrons. The highest BCUT2D eigenvalue weighted by Gasteiger charge is 2.22. The molecule has 0 aromatic heterocycles. The lowest BCUT2D eigenvalue weighted by Crippen LogP contribution is -2.31. The Bertz CT molecular complexity index is 549. The average Bonchev–Trinajstić information content (AvgIpc) is 2.29. The number of nitrogen functional groups attached to an aromatic ring is 1. The highest BCUT2D eigenvalue weighted by Crippen LogP contribution is 2.24.